The van der Waals surface area contributed by atoms with Gasteiger partial charge < -0.3 is 14.2 Å². The Morgan fingerprint density at radius 1 is 1.38 bits per heavy atom. The van der Waals surface area contributed by atoms with Crippen molar-refractivity contribution in [2.24, 2.45) is 0 Å². The number of unbranched alkanes of at least 4 members (excludes halogenated alkanes) is 1. The molecule has 1 heterocycles. The molecule has 1 aliphatic rings. The summed E-state index contributed by atoms with van der Waals surface area (Å²) >= 11 is 0. The van der Waals surface area contributed by atoms with Gasteiger partial charge in [-0.3, -0.25) is 0 Å². The summed E-state index contributed by atoms with van der Waals surface area (Å²) in [5.74, 6) is -1.59. The quantitative estimate of drug-likeness (QED) is 0.517. The first kappa shape index (κ1) is 13.2. The molecule has 0 saturated carbocycles. The van der Waals surface area contributed by atoms with Crippen LogP contribution < -0.4 is 0 Å². The molecule has 0 radical (unpaired) electrons. The zero-order valence-corrected chi connectivity index (χ0v) is 10.1. The second-order valence-corrected chi connectivity index (χ2v) is 3.83. The zero-order valence-electron chi connectivity index (χ0n) is 10.1. The number of carbonyl (C=O) groups excluding carboxylic acids is 1. The van der Waals surface area contributed by atoms with Crippen LogP contribution in [0.4, 0.5) is 0 Å². The summed E-state index contributed by atoms with van der Waals surface area (Å²) < 4.78 is 16.1. The van der Waals surface area contributed by atoms with Gasteiger partial charge in [-0.15, -0.1) is 0 Å². The molecule has 16 heavy (non-hydrogen) atoms. The minimum atomic E-state index is -1.16. The number of carbonyl (C=O) groups is 1. The van der Waals surface area contributed by atoms with E-state index in [2.05, 4.69) is 13.5 Å². The van der Waals surface area contributed by atoms with E-state index in [0.717, 1.165) is 12.8 Å². The third kappa shape index (κ3) is 3.32. The van der Waals surface area contributed by atoms with Gasteiger partial charge in [-0.2, -0.15) is 0 Å². The molecule has 0 N–H and O–H groups in total. The summed E-state index contributed by atoms with van der Waals surface area (Å²) in [6, 6.07) is 0. The van der Waals surface area contributed by atoms with Crippen molar-refractivity contribution in [3.63, 3.8) is 0 Å². The fourth-order valence-corrected chi connectivity index (χ4v) is 1.44. The average Bonchev–Trinajstić information content (AvgIpc) is 2.74. The molecule has 1 aliphatic heterocycles. The molecule has 4 heteroatoms. The normalized spacial score (nSPS) is 18.4. The third-order valence-electron chi connectivity index (χ3n) is 2.53. The maximum atomic E-state index is 11.6. The fraction of sp³-hybridized carbons (Fsp3) is 0.750. The van der Waals surface area contributed by atoms with Gasteiger partial charge in [0.25, 0.3) is 0 Å². The van der Waals surface area contributed by atoms with Crippen LogP contribution in [-0.2, 0) is 19.0 Å². The van der Waals surface area contributed by atoms with E-state index in [4.69, 9.17) is 14.2 Å². The Bertz CT molecular complexity index is 254. The van der Waals surface area contributed by atoms with Crippen LogP contribution in [0.25, 0.3) is 0 Å². The molecule has 0 atom stereocenters. The second-order valence-electron chi connectivity index (χ2n) is 3.83. The lowest BCUT2D eigenvalue weighted by molar-refractivity contribution is -0.314. The van der Waals surface area contributed by atoms with Gasteiger partial charge in [0.1, 0.15) is 0 Å². The lowest BCUT2D eigenvalue weighted by atomic mass is 10.2. The Labute approximate surface area is 96.6 Å². The maximum absolute atomic E-state index is 11.6. The topological polar surface area (TPSA) is 44.8 Å². The van der Waals surface area contributed by atoms with E-state index in [1.54, 1.807) is 0 Å². The first-order chi connectivity index (χ1) is 7.63. The molecule has 92 valence electrons. The molecule has 1 fully saturated rings. The lowest BCUT2D eigenvalue weighted by Gasteiger charge is -2.26. The van der Waals surface area contributed by atoms with Crippen molar-refractivity contribution < 1.29 is 19.0 Å². The van der Waals surface area contributed by atoms with Crippen LogP contribution in [0.15, 0.2) is 12.2 Å². The molecule has 0 bridgehead atoms. The molecule has 0 amide bonds. The Hall–Kier alpha value is -0.870. The Balaban J connectivity index is 2.57. The summed E-state index contributed by atoms with van der Waals surface area (Å²) in [5.41, 5.74) is 0.440. The van der Waals surface area contributed by atoms with Crippen LogP contribution in [0.5, 0.6) is 0 Å². The molecular formula is C12H20O4. The van der Waals surface area contributed by atoms with Gasteiger partial charge in [0.05, 0.1) is 13.2 Å². The van der Waals surface area contributed by atoms with E-state index < -0.39 is 11.9 Å². The molecule has 1 rings (SSSR count). The highest BCUT2D eigenvalue weighted by Crippen LogP contribution is 2.28. The van der Waals surface area contributed by atoms with Crippen LogP contribution in [0.2, 0.25) is 0 Å². The number of rotatable bonds is 6. The monoisotopic (exact) mass is 228 g/mol. The van der Waals surface area contributed by atoms with Gasteiger partial charge in [-0.25, -0.2) is 4.79 Å². The average molecular weight is 228 g/mol. The predicted molar refractivity (Wildman–Crippen MR) is 59.7 cm³/mol. The smallest absolute Gasteiger partial charge is 0.337 e. The molecule has 0 spiro atoms. The number of hydrogen-bond acceptors (Lipinski definition) is 4. The number of ether oxygens (including phenoxy) is 3. The van der Waals surface area contributed by atoms with E-state index in [1.807, 2.05) is 6.92 Å². The minimum Gasteiger partial charge on any atom is -0.404 e. The standard InChI is InChI=1S/C12H20O4/c1-4-6-7-12(14-8-9-15-12)16-11(13)10(3)5-2/h3-9H2,1-2H3. The molecule has 0 unspecified atom stereocenters. The van der Waals surface area contributed by atoms with E-state index in [0.29, 0.717) is 31.6 Å². The van der Waals surface area contributed by atoms with Crippen molar-refractivity contribution in [2.45, 2.75) is 45.5 Å². The Kier molecular flexibility index (Phi) is 4.96. The van der Waals surface area contributed by atoms with Crippen molar-refractivity contribution in [1.82, 2.24) is 0 Å². The summed E-state index contributed by atoms with van der Waals surface area (Å²) in [4.78, 5) is 11.6. The van der Waals surface area contributed by atoms with Crippen molar-refractivity contribution in [3.8, 4) is 0 Å². The van der Waals surface area contributed by atoms with Crippen molar-refractivity contribution >= 4 is 5.97 Å². The van der Waals surface area contributed by atoms with E-state index in [-0.39, 0.29) is 0 Å². The zero-order chi connectivity index (χ0) is 12.0. The van der Waals surface area contributed by atoms with Crippen LogP contribution in [0, 0.1) is 0 Å². The van der Waals surface area contributed by atoms with E-state index in [9.17, 15) is 4.79 Å². The third-order valence-corrected chi connectivity index (χ3v) is 2.53. The summed E-state index contributed by atoms with van der Waals surface area (Å²) in [6.45, 7) is 8.50. The van der Waals surface area contributed by atoms with Crippen LogP contribution >= 0.6 is 0 Å². The first-order valence-electron chi connectivity index (χ1n) is 5.82. The van der Waals surface area contributed by atoms with Gasteiger partial charge in [0.15, 0.2) is 0 Å². The van der Waals surface area contributed by atoms with Crippen molar-refractivity contribution in [2.75, 3.05) is 13.2 Å². The number of hydrogen-bond donors (Lipinski definition) is 0. The fourth-order valence-electron chi connectivity index (χ4n) is 1.44. The highest BCUT2D eigenvalue weighted by Gasteiger charge is 2.40. The van der Waals surface area contributed by atoms with Crippen molar-refractivity contribution in [3.05, 3.63) is 12.2 Å². The lowest BCUT2D eigenvalue weighted by Crippen LogP contribution is -2.36. The summed E-state index contributed by atoms with van der Waals surface area (Å²) in [7, 11) is 0. The largest absolute Gasteiger partial charge is 0.404 e. The molecule has 4 nitrogen and oxygen atoms in total. The highest BCUT2D eigenvalue weighted by molar-refractivity contribution is 5.87. The van der Waals surface area contributed by atoms with Gasteiger partial charge >= 0.3 is 11.9 Å². The van der Waals surface area contributed by atoms with E-state index >= 15 is 0 Å². The van der Waals surface area contributed by atoms with Crippen LogP contribution in [-0.4, -0.2) is 25.2 Å². The van der Waals surface area contributed by atoms with Gasteiger partial charge in [0, 0.05) is 12.0 Å². The summed E-state index contributed by atoms with van der Waals surface area (Å²) in [6.07, 6.45) is 3.04. The molecule has 0 aromatic heterocycles. The molecular weight excluding hydrogens is 208 g/mol. The SMILES string of the molecule is C=C(CC)C(=O)OC1(CCCC)OCCO1. The first-order valence-corrected chi connectivity index (χ1v) is 5.82. The van der Waals surface area contributed by atoms with Crippen LogP contribution in [0.3, 0.4) is 0 Å². The van der Waals surface area contributed by atoms with Gasteiger partial charge in [-0.1, -0.05) is 26.8 Å². The molecule has 0 aromatic rings. The Morgan fingerprint density at radius 2 is 2.00 bits per heavy atom. The predicted octanol–water partition coefficient (Wildman–Crippen LogP) is 2.39. The molecule has 0 aromatic carbocycles. The maximum Gasteiger partial charge on any atom is 0.337 e. The second kappa shape index (κ2) is 6.01. The van der Waals surface area contributed by atoms with Crippen LogP contribution in [0.1, 0.15) is 39.5 Å². The Morgan fingerprint density at radius 3 is 2.50 bits per heavy atom. The molecule has 0 aliphatic carbocycles. The van der Waals surface area contributed by atoms with E-state index in [1.165, 1.54) is 0 Å². The van der Waals surface area contributed by atoms with Gasteiger partial charge in [-0.05, 0) is 12.8 Å². The summed E-state index contributed by atoms with van der Waals surface area (Å²) in [5, 5.41) is 0. The van der Waals surface area contributed by atoms with Crippen molar-refractivity contribution in [1.29, 1.82) is 0 Å². The molecule has 1 saturated heterocycles. The highest BCUT2D eigenvalue weighted by atomic mass is 16.9. The van der Waals surface area contributed by atoms with Gasteiger partial charge in [0.2, 0.25) is 0 Å². The minimum absolute atomic E-state index is 0.430. The number of esters is 1.